The standard InChI is InChI=1S/C31H46N10O3/c1-31(2,3)44-30(42)32-12-7-13-41-23-26(37-38-41)21-33-29-35-27(20-28(36-29)40-16-18-43-19-17-40)34-25-10-14-39(15-11-25)22-24-8-5-4-6-9-24/h4-6,8-9,20,23,25H,7,10-19,21-22H2,1-3H3,(H,32,42)(H2,33,34,35,36). The highest BCUT2D eigenvalue weighted by Crippen LogP contribution is 2.23. The van der Waals surface area contributed by atoms with Crippen molar-refractivity contribution < 1.29 is 14.3 Å². The third-order valence-electron chi connectivity index (χ3n) is 7.48. The molecule has 0 bridgehead atoms. The summed E-state index contributed by atoms with van der Waals surface area (Å²) < 4.78 is 12.6. The first kappa shape index (κ1) is 31.5. The van der Waals surface area contributed by atoms with Crippen LogP contribution in [-0.4, -0.2) is 93.5 Å². The van der Waals surface area contributed by atoms with Crippen molar-refractivity contribution >= 4 is 23.7 Å². The molecule has 0 saturated carbocycles. The fraction of sp³-hybridized carbons (Fsp3) is 0.581. The van der Waals surface area contributed by atoms with E-state index >= 15 is 0 Å². The summed E-state index contributed by atoms with van der Waals surface area (Å²) in [6.07, 6.45) is 4.31. The molecule has 13 nitrogen and oxygen atoms in total. The number of amides is 1. The molecule has 3 aromatic rings. The van der Waals surface area contributed by atoms with Gasteiger partial charge >= 0.3 is 6.09 Å². The van der Waals surface area contributed by atoms with E-state index in [4.69, 9.17) is 19.4 Å². The Bertz CT molecular complexity index is 1320. The van der Waals surface area contributed by atoms with Crippen molar-refractivity contribution in [2.24, 2.45) is 0 Å². The number of alkyl carbamates (subject to hydrolysis) is 1. The van der Waals surface area contributed by atoms with E-state index in [0.29, 0.717) is 51.3 Å². The van der Waals surface area contributed by atoms with Crippen LogP contribution in [-0.2, 0) is 29.1 Å². The third kappa shape index (κ3) is 10.1. The molecular weight excluding hydrogens is 560 g/mol. The lowest BCUT2D eigenvalue weighted by Crippen LogP contribution is -2.39. The number of ether oxygens (including phenoxy) is 2. The lowest BCUT2D eigenvalue weighted by Gasteiger charge is -2.33. The maximum Gasteiger partial charge on any atom is 0.407 e. The van der Waals surface area contributed by atoms with Gasteiger partial charge in [-0.05, 0) is 45.6 Å². The van der Waals surface area contributed by atoms with Crippen molar-refractivity contribution in [1.82, 2.24) is 35.2 Å². The summed E-state index contributed by atoms with van der Waals surface area (Å²) in [6.45, 7) is 13.1. The second-order valence-corrected chi connectivity index (χ2v) is 12.3. The number of piperidine rings is 1. The lowest BCUT2D eigenvalue weighted by atomic mass is 10.0. The third-order valence-corrected chi connectivity index (χ3v) is 7.48. The van der Waals surface area contributed by atoms with Crippen LogP contribution in [0.5, 0.6) is 0 Å². The number of carbonyl (C=O) groups is 1. The fourth-order valence-corrected chi connectivity index (χ4v) is 5.27. The van der Waals surface area contributed by atoms with Crippen LogP contribution in [0, 0.1) is 0 Å². The summed E-state index contributed by atoms with van der Waals surface area (Å²) in [6, 6.07) is 13.1. The van der Waals surface area contributed by atoms with Gasteiger partial charge in [0.2, 0.25) is 5.95 Å². The molecule has 2 aliphatic heterocycles. The molecule has 2 aromatic heterocycles. The number of morpholine rings is 1. The normalized spacial score (nSPS) is 16.5. The number of hydrogen-bond donors (Lipinski definition) is 3. The summed E-state index contributed by atoms with van der Waals surface area (Å²) in [5, 5.41) is 18.3. The molecule has 3 N–H and O–H groups in total. The van der Waals surface area contributed by atoms with Crippen LogP contribution in [0.15, 0.2) is 42.6 Å². The van der Waals surface area contributed by atoms with Gasteiger partial charge in [-0.25, -0.2) is 4.79 Å². The molecule has 2 aliphatic rings. The number of benzene rings is 1. The summed E-state index contributed by atoms with van der Waals surface area (Å²) in [7, 11) is 0. The predicted octanol–water partition coefficient (Wildman–Crippen LogP) is 3.51. The maximum absolute atomic E-state index is 11.8. The number of aromatic nitrogens is 5. The monoisotopic (exact) mass is 606 g/mol. The van der Waals surface area contributed by atoms with Crippen molar-refractivity contribution in [3.8, 4) is 0 Å². The smallest absolute Gasteiger partial charge is 0.407 e. The minimum atomic E-state index is -0.513. The minimum absolute atomic E-state index is 0.354. The lowest BCUT2D eigenvalue weighted by molar-refractivity contribution is 0.0526. The Morgan fingerprint density at radius 2 is 1.84 bits per heavy atom. The molecule has 0 radical (unpaired) electrons. The summed E-state index contributed by atoms with van der Waals surface area (Å²) in [4.78, 5) is 26.2. The highest BCUT2D eigenvalue weighted by atomic mass is 16.6. The van der Waals surface area contributed by atoms with Crippen molar-refractivity contribution in [2.45, 2.75) is 71.3 Å². The Morgan fingerprint density at radius 3 is 2.59 bits per heavy atom. The van der Waals surface area contributed by atoms with Gasteiger partial charge in [-0.3, -0.25) is 9.58 Å². The van der Waals surface area contributed by atoms with Crippen LogP contribution in [0.2, 0.25) is 0 Å². The van der Waals surface area contributed by atoms with Crippen LogP contribution >= 0.6 is 0 Å². The molecule has 0 aliphatic carbocycles. The zero-order valence-corrected chi connectivity index (χ0v) is 26.2. The molecule has 0 atom stereocenters. The number of anilines is 3. The Labute approximate surface area is 259 Å². The van der Waals surface area contributed by atoms with E-state index in [1.807, 2.05) is 27.0 Å². The van der Waals surface area contributed by atoms with E-state index in [1.54, 1.807) is 4.68 Å². The molecule has 4 heterocycles. The fourth-order valence-electron chi connectivity index (χ4n) is 5.27. The van der Waals surface area contributed by atoms with Crippen molar-refractivity contribution in [1.29, 1.82) is 0 Å². The number of nitrogens with zero attached hydrogens (tertiary/aromatic N) is 7. The van der Waals surface area contributed by atoms with Crippen LogP contribution < -0.4 is 20.9 Å². The quantitative estimate of drug-likeness (QED) is 0.262. The maximum atomic E-state index is 11.8. The Balaban J connectivity index is 1.13. The Morgan fingerprint density at radius 1 is 1.07 bits per heavy atom. The molecule has 2 saturated heterocycles. The van der Waals surface area contributed by atoms with Gasteiger partial charge in [0.25, 0.3) is 0 Å². The Hall–Kier alpha value is -3.97. The first-order valence-electron chi connectivity index (χ1n) is 15.6. The SMILES string of the molecule is CC(C)(C)OC(=O)NCCCn1cc(CNc2nc(NC3CCN(Cc4ccccc4)CC3)cc(N3CCOCC3)n2)nn1. The second-order valence-electron chi connectivity index (χ2n) is 12.3. The molecule has 1 aromatic carbocycles. The van der Waals surface area contributed by atoms with E-state index < -0.39 is 11.7 Å². The van der Waals surface area contributed by atoms with Crippen molar-refractivity contribution in [2.75, 3.05) is 61.5 Å². The highest BCUT2D eigenvalue weighted by molar-refractivity contribution is 5.67. The van der Waals surface area contributed by atoms with Crippen LogP contribution in [0.1, 0.15) is 51.3 Å². The number of nitrogens with one attached hydrogen (secondary N) is 3. The van der Waals surface area contributed by atoms with Gasteiger partial charge in [0.15, 0.2) is 0 Å². The molecule has 238 valence electrons. The minimum Gasteiger partial charge on any atom is -0.444 e. The molecule has 0 unspecified atom stereocenters. The molecule has 5 rings (SSSR count). The van der Waals surface area contributed by atoms with Gasteiger partial charge in [-0.15, -0.1) is 5.10 Å². The van der Waals surface area contributed by atoms with Crippen LogP contribution in [0.4, 0.5) is 22.4 Å². The van der Waals surface area contributed by atoms with Gasteiger partial charge in [-0.1, -0.05) is 35.5 Å². The summed E-state index contributed by atoms with van der Waals surface area (Å²) >= 11 is 0. The summed E-state index contributed by atoms with van der Waals surface area (Å²) in [5.41, 5.74) is 1.63. The predicted molar refractivity (Wildman–Crippen MR) is 170 cm³/mol. The molecule has 0 spiro atoms. The average molecular weight is 607 g/mol. The van der Waals surface area contributed by atoms with E-state index in [1.165, 1.54) is 5.56 Å². The van der Waals surface area contributed by atoms with Crippen LogP contribution in [0.3, 0.4) is 0 Å². The molecule has 1 amide bonds. The van der Waals surface area contributed by atoms with E-state index in [0.717, 1.165) is 62.9 Å². The van der Waals surface area contributed by atoms with Gasteiger partial charge in [0.1, 0.15) is 22.9 Å². The number of carbonyl (C=O) groups excluding carboxylic acids is 1. The van der Waals surface area contributed by atoms with E-state index in [9.17, 15) is 4.79 Å². The first-order valence-corrected chi connectivity index (χ1v) is 15.6. The number of rotatable bonds is 12. The topological polar surface area (TPSA) is 135 Å². The van der Waals surface area contributed by atoms with Crippen molar-refractivity contribution in [3.05, 3.63) is 53.9 Å². The second kappa shape index (κ2) is 15.2. The molecule has 13 heteroatoms. The largest absolute Gasteiger partial charge is 0.444 e. The van der Waals surface area contributed by atoms with Crippen molar-refractivity contribution in [3.63, 3.8) is 0 Å². The number of aryl methyl sites for hydroxylation is 1. The molecule has 2 fully saturated rings. The average Bonchev–Trinajstić information content (AvgIpc) is 3.47. The molecular formula is C31H46N10O3. The highest BCUT2D eigenvalue weighted by Gasteiger charge is 2.21. The van der Waals surface area contributed by atoms with Gasteiger partial charge in [0.05, 0.1) is 26.0 Å². The van der Waals surface area contributed by atoms with Gasteiger partial charge in [-0.2, -0.15) is 9.97 Å². The van der Waals surface area contributed by atoms with E-state index in [-0.39, 0.29) is 0 Å². The molecule has 44 heavy (non-hydrogen) atoms. The first-order chi connectivity index (χ1) is 21.3. The van der Waals surface area contributed by atoms with Crippen LogP contribution in [0.25, 0.3) is 0 Å². The van der Waals surface area contributed by atoms with Gasteiger partial charge in [0, 0.05) is 57.9 Å². The zero-order valence-electron chi connectivity index (χ0n) is 26.2. The van der Waals surface area contributed by atoms with E-state index in [2.05, 4.69) is 72.5 Å². The van der Waals surface area contributed by atoms with Gasteiger partial charge < -0.3 is 30.3 Å². The number of hydrogen-bond acceptors (Lipinski definition) is 11. The zero-order chi connectivity index (χ0) is 30.8. The number of likely N-dealkylation sites (tertiary alicyclic amines) is 1. The summed E-state index contributed by atoms with van der Waals surface area (Å²) in [5.74, 6) is 2.26. The Kier molecular flexibility index (Phi) is 10.8.